The first-order valence-electron chi connectivity index (χ1n) is 6.38. The second-order valence-electron chi connectivity index (χ2n) is 4.47. The highest BCUT2D eigenvalue weighted by Gasteiger charge is 2.20. The van der Waals surface area contributed by atoms with Crippen molar-refractivity contribution in [1.82, 2.24) is 10.0 Å². The zero-order valence-corrected chi connectivity index (χ0v) is 13.6. The summed E-state index contributed by atoms with van der Waals surface area (Å²) in [5, 5.41) is 2.82. The summed E-state index contributed by atoms with van der Waals surface area (Å²) in [6, 6.07) is 3.74. The van der Waals surface area contributed by atoms with Crippen LogP contribution >= 0.6 is 11.8 Å². The minimum atomic E-state index is -3.61. The lowest BCUT2D eigenvalue weighted by Gasteiger charge is -2.16. The van der Waals surface area contributed by atoms with E-state index in [0.29, 0.717) is 17.7 Å². The number of hydrogen-bond acceptors (Lipinski definition) is 4. The van der Waals surface area contributed by atoms with Gasteiger partial charge in [0, 0.05) is 23.9 Å². The van der Waals surface area contributed by atoms with E-state index in [4.69, 9.17) is 0 Å². The van der Waals surface area contributed by atoms with E-state index in [0.717, 1.165) is 0 Å². The molecular formula is C13H21FN2O2S2. The highest BCUT2D eigenvalue weighted by atomic mass is 32.2. The van der Waals surface area contributed by atoms with E-state index < -0.39 is 15.8 Å². The second kappa shape index (κ2) is 7.97. The number of thioether (sulfide) groups is 1. The summed E-state index contributed by atoms with van der Waals surface area (Å²) in [5.41, 5.74) is 0.341. The Balaban J connectivity index is 3.00. The number of halogens is 1. The molecule has 0 saturated heterocycles. The lowest BCUT2D eigenvalue weighted by atomic mass is 10.2. The van der Waals surface area contributed by atoms with Crippen molar-refractivity contribution in [3.8, 4) is 0 Å². The van der Waals surface area contributed by atoms with Crippen LogP contribution in [0, 0.1) is 5.82 Å². The van der Waals surface area contributed by atoms with Crippen molar-refractivity contribution in [3.05, 3.63) is 29.6 Å². The van der Waals surface area contributed by atoms with E-state index in [1.54, 1.807) is 18.8 Å². The fourth-order valence-electron chi connectivity index (χ4n) is 1.77. The Morgan fingerprint density at radius 3 is 2.65 bits per heavy atom. The molecule has 0 amide bonds. The summed E-state index contributed by atoms with van der Waals surface area (Å²) >= 11 is 1.59. The van der Waals surface area contributed by atoms with Crippen LogP contribution in [0.2, 0.25) is 0 Å². The molecule has 1 atom stereocenters. The molecule has 0 spiro atoms. The predicted molar refractivity (Wildman–Crippen MR) is 81.9 cm³/mol. The fourth-order valence-corrected chi connectivity index (χ4v) is 3.96. The molecule has 1 aromatic carbocycles. The zero-order valence-electron chi connectivity index (χ0n) is 11.9. The number of nitrogens with one attached hydrogen (secondary N) is 2. The molecule has 1 unspecified atom stereocenters. The summed E-state index contributed by atoms with van der Waals surface area (Å²) in [5.74, 6) is 0.301. The van der Waals surface area contributed by atoms with Gasteiger partial charge in [-0.05, 0) is 37.9 Å². The van der Waals surface area contributed by atoms with Crippen molar-refractivity contribution in [1.29, 1.82) is 0 Å². The van der Waals surface area contributed by atoms with Crippen molar-refractivity contribution >= 4 is 21.8 Å². The third-order valence-electron chi connectivity index (χ3n) is 2.88. The molecule has 0 fully saturated rings. The van der Waals surface area contributed by atoms with E-state index in [2.05, 4.69) is 10.0 Å². The van der Waals surface area contributed by atoms with E-state index >= 15 is 0 Å². The van der Waals surface area contributed by atoms with Crippen molar-refractivity contribution in [3.63, 3.8) is 0 Å². The summed E-state index contributed by atoms with van der Waals surface area (Å²) in [7, 11) is -1.92. The Labute approximate surface area is 124 Å². The van der Waals surface area contributed by atoms with Gasteiger partial charge in [-0.2, -0.15) is 11.8 Å². The second-order valence-corrected chi connectivity index (χ2v) is 7.09. The minimum absolute atomic E-state index is 0.101. The molecule has 114 valence electrons. The van der Waals surface area contributed by atoms with Gasteiger partial charge in [-0.1, -0.05) is 6.92 Å². The number of benzene rings is 1. The fraction of sp³-hybridized carbons (Fsp3) is 0.538. The molecule has 0 aromatic heterocycles. The van der Waals surface area contributed by atoms with Gasteiger partial charge >= 0.3 is 0 Å². The summed E-state index contributed by atoms with van der Waals surface area (Å²) < 4.78 is 40.8. The van der Waals surface area contributed by atoms with Gasteiger partial charge in [-0.3, -0.25) is 0 Å². The van der Waals surface area contributed by atoms with E-state index in [1.165, 1.54) is 18.2 Å². The molecule has 0 heterocycles. The Bertz CT molecular complexity index is 535. The topological polar surface area (TPSA) is 58.2 Å². The van der Waals surface area contributed by atoms with Gasteiger partial charge in [0.1, 0.15) is 5.82 Å². The van der Waals surface area contributed by atoms with Crippen LogP contribution in [0.3, 0.4) is 0 Å². The van der Waals surface area contributed by atoms with Crippen LogP contribution in [0.25, 0.3) is 0 Å². The summed E-state index contributed by atoms with van der Waals surface area (Å²) in [4.78, 5) is 0.101. The molecule has 1 rings (SSSR count). The van der Waals surface area contributed by atoms with E-state index in [9.17, 15) is 12.8 Å². The first-order valence-corrected chi connectivity index (χ1v) is 9.26. The molecule has 0 aliphatic rings. The third-order valence-corrected chi connectivity index (χ3v) is 5.13. The predicted octanol–water partition coefficient (Wildman–Crippen LogP) is 1.97. The average molecular weight is 320 g/mol. The smallest absolute Gasteiger partial charge is 0.240 e. The highest BCUT2D eigenvalue weighted by Crippen LogP contribution is 2.16. The van der Waals surface area contributed by atoms with Crippen LogP contribution in [0.5, 0.6) is 0 Å². The van der Waals surface area contributed by atoms with Crippen molar-refractivity contribution in [2.45, 2.75) is 30.8 Å². The Kier molecular flexibility index (Phi) is 6.94. The van der Waals surface area contributed by atoms with Crippen LogP contribution in [0.4, 0.5) is 4.39 Å². The maximum atomic E-state index is 13.5. The molecule has 0 saturated carbocycles. The number of rotatable bonds is 8. The first-order chi connectivity index (χ1) is 9.44. The average Bonchev–Trinajstić information content (AvgIpc) is 2.40. The van der Waals surface area contributed by atoms with E-state index in [1.807, 2.05) is 13.2 Å². The Morgan fingerprint density at radius 2 is 2.10 bits per heavy atom. The van der Waals surface area contributed by atoms with E-state index in [-0.39, 0.29) is 17.5 Å². The molecule has 7 heteroatoms. The Morgan fingerprint density at radius 1 is 1.40 bits per heavy atom. The molecule has 4 nitrogen and oxygen atoms in total. The third kappa shape index (κ3) is 4.73. The lowest BCUT2D eigenvalue weighted by molar-refractivity contribution is 0.556. The van der Waals surface area contributed by atoms with Crippen LogP contribution in [-0.4, -0.2) is 33.5 Å². The standard InChI is InChI=1S/C13H21FN2O2S2/c1-4-11(9-19-3)16-20(17,18)12-5-6-13(14)10(7-12)8-15-2/h5-7,11,15-16H,4,8-9H2,1-3H3. The van der Waals surface area contributed by atoms with Crippen molar-refractivity contribution in [2.24, 2.45) is 0 Å². The zero-order chi connectivity index (χ0) is 15.2. The normalized spacial score (nSPS) is 13.4. The highest BCUT2D eigenvalue weighted by molar-refractivity contribution is 7.98. The maximum absolute atomic E-state index is 13.5. The van der Waals surface area contributed by atoms with Crippen molar-refractivity contribution < 1.29 is 12.8 Å². The van der Waals surface area contributed by atoms with Gasteiger partial charge in [-0.15, -0.1) is 0 Å². The molecule has 0 bridgehead atoms. The molecular weight excluding hydrogens is 299 g/mol. The van der Waals surface area contributed by atoms with Crippen LogP contribution in [-0.2, 0) is 16.6 Å². The quantitative estimate of drug-likeness (QED) is 0.769. The van der Waals surface area contributed by atoms with Crippen LogP contribution in [0.15, 0.2) is 23.1 Å². The van der Waals surface area contributed by atoms with Crippen LogP contribution < -0.4 is 10.0 Å². The number of hydrogen-bond donors (Lipinski definition) is 2. The van der Waals surface area contributed by atoms with Gasteiger partial charge in [0.05, 0.1) is 4.90 Å². The lowest BCUT2D eigenvalue weighted by Crippen LogP contribution is -2.36. The SMILES string of the molecule is CCC(CSC)NS(=O)(=O)c1ccc(F)c(CNC)c1. The molecule has 0 aliphatic heterocycles. The minimum Gasteiger partial charge on any atom is -0.316 e. The monoisotopic (exact) mass is 320 g/mol. The summed E-state index contributed by atoms with van der Waals surface area (Å²) in [6.07, 6.45) is 2.64. The molecule has 2 N–H and O–H groups in total. The molecule has 0 aliphatic carbocycles. The van der Waals surface area contributed by atoms with Crippen LogP contribution in [0.1, 0.15) is 18.9 Å². The number of sulfonamides is 1. The maximum Gasteiger partial charge on any atom is 0.240 e. The largest absolute Gasteiger partial charge is 0.316 e. The van der Waals surface area contributed by atoms with Gasteiger partial charge in [0.25, 0.3) is 0 Å². The Hall–Kier alpha value is -0.630. The molecule has 20 heavy (non-hydrogen) atoms. The summed E-state index contributed by atoms with van der Waals surface area (Å²) in [6.45, 7) is 2.22. The van der Waals surface area contributed by atoms with Gasteiger partial charge in [-0.25, -0.2) is 17.5 Å². The van der Waals surface area contributed by atoms with Gasteiger partial charge in [0.2, 0.25) is 10.0 Å². The molecule has 1 aromatic rings. The molecule has 0 radical (unpaired) electrons. The van der Waals surface area contributed by atoms with Gasteiger partial charge in [0.15, 0.2) is 0 Å². The van der Waals surface area contributed by atoms with Gasteiger partial charge < -0.3 is 5.32 Å². The first kappa shape index (κ1) is 17.4. The van der Waals surface area contributed by atoms with Crippen molar-refractivity contribution in [2.75, 3.05) is 19.1 Å².